The predicted molar refractivity (Wildman–Crippen MR) is 103 cm³/mol. The molecule has 0 radical (unpaired) electrons. The topological polar surface area (TPSA) is 66.8 Å². The minimum atomic E-state index is -0.757. The number of Topliss-reactive ketones (excluding diaryl/α,β-unsaturated/α-hetero) is 1. The fourth-order valence-corrected chi connectivity index (χ4v) is 3.58. The highest BCUT2D eigenvalue weighted by molar-refractivity contribution is 5.89. The maximum atomic E-state index is 14.5. The number of carbonyl (C=O) groups is 2. The van der Waals surface area contributed by atoms with E-state index in [0.29, 0.717) is 30.7 Å². The van der Waals surface area contributed by atoms with Crippen LogP contribution in [0.4, 0.5) is 4.39 Å². The number of piperidine rings is 1. The Morgan fingerprint density at radius 1 is 1.32 bits per heavy atom. The lowest BCUT2D eigenvalue weighted by Crippen LogP contribution is -2.44. The summed E-state index contributed by atoms with van der Waals surface area (Å²) in [6.45, 7) is 3.05. The summed E-state index contributed by atoms with van der Waals surface area (Å²) >= 11 is 0. The lowest BCUT2D eigenvalue weighted by Gasteiger charge is -2.37. The summed E-state index contributed by atoms with van der Waals surface area (Å²) < 4.78 is 19.6. The van der Waals surface area contributed by atoms with Crippen LogP contribution in [0.2, 0.25) is 0 Å². The van der Waals surface area contributed by atoms with Crippen molar-refractivity contribution in [1.29, 1.82) is 0 Å². The number of halogens is 1. The number of rotatable bonds is 8. The van der Waals surface area contributed by atoms with Gasteiger partial charge in [-0.3, -0.25) is 9.69 Å². The van der Waals surface area contributed by atoms with E-state index < -0.39 is 23.9 Å². The first kappa shape index (κ1) is 20.7. The Bertz CT molecular complexity index is 744. The predicted octanol–water partition coefficient (Wildman–Crippen LogP) is 3.18. The van der Waals surface area contributed by atoms with Gasteiger partial charge in [0.15, 0.2) is 5.78 Å². The molecule has 5 nitrogen and oxygen atoms in total. The molecule has 0 spiro atoms. The van der Waals surface area contributed by atoms with Crippen molar-refractivity contribution in [3.05, 3.63) is 47.3 Å². The van der Waals surface area contributed by atoms with Crippen LogP contribution in [0.25, 0.3) is 0 Å². The maximum Gasteiger partial charge on any atom is 0.330 e. The highest BCUT2D eigenvalue weighted by Crippen LogP contribution is 2.39. The number of ketones is 1. The quantitative estimate of drug-likeness (QED) is 0.420. The molecule has 2 unspecified atom stereocenters. The van der Waals surface area contributed by atoms with Crippen LogP contribution in [0, 0.1) is 11.7 Å². The number of aliphatic hydroxyl groups is 1. The monoisotopic (exact) mass is 389 g/mol. The Balaban J connectivity index is 1.80. The van der Waals surface area contributed by atoms with E-state index in [1.54, 1.807) is 18.2 Å². The smallest absolute Gasteiger partial charge is 0.330 e. The normalized spacial score (nSPS) is 22.8. The van der Waals surface area contributed by atoms with Gasteiger partial charge >= 0.3 is 5.97 Å². The van der Waals surface area contributed by atoms with Gasteiger partial charge in [0.05, 0.1) is 18.8 Å². The van der Waals surface area contributed by atoms with Gasteiger partial charge in [-0.2, -0.15) is 0 Å². The van der Waals surface area contributed by atoms with Crippen molar-refractivity contribution in [3.8, 4) is 0 Å². The summed E-state index contributed by atoms with van der Waals surface area (Å²) in [7, 11) is 0. The van der Waals surface area contributed by atoms with Crippen LogP contribution in [-0.4, -0.2) is 47.6 Å². The maximum absolute atomic E-state index is 14.5. The summed E-state index contributed by atoms with van der Waals surface area (Å²) in [6.07, 6.45) is 4.35. The largest absolute Gasteiger partial charge is 0.463 e. The molecule has 1 saturated carbocycles. The minimum Gasteiger partial charge on any atom is -0.463 e. The zero-order valence-corrected chi connectivity index (χ0v) is 16.3. The first-order valence-corrected chi connectivity index (χ1v) is 10.1. The van der Waals surface area contributed by atoms with Crippen LogP contribution in [-0.2, 0) is 14.3 Å². The molecule has 152 valence electrons. The first-order valence-electron chi connectivity index (χ1n) is 10.1. The van der Waals surface area contributed by atoms with E-state index in [0.717, 1.165) is 25.7 Å². The Hall–Kier alpha value is -2.05. The molecular weight excluding hydrogens is 361 g/mol. The molecule has 2 fully saturated rings. The number of hydrogen-bond donors (Lipinski definition) is 1. The molecule has 28 heavy (non-hydrogen) atoms. The molecule has 6 heteroatoms. The van der Waals surface area contributed by atoms with Crippen molar-refractivity contribution in [2.75, 3.05) is 19.7 Å². The molecule has 1 aromatic rings. The van der Waals surface area contributed by atoms with Gasteiger partial charge in [-0.15, -0.1) is 0 Å². The molecule has 0 amide bonds. The Kier molecular flexibility index (Phi) is 6.97. The summed E-state index contributed by atoms with van der Waals surface area (Å²) in [6, 6.07) is 5.65. The first-order chi connectivity index (χ1) is 13.5. The molecule has 0 bridgehead atoms. The van der Waals surface area contributed by atoms with Crippen LogP contribution in [0.5, 0.6) is 0 Å². The van der Waals surface area contributed by atoms with E-state index in [9.17, 15) is 19.1 Å². The Morgan fingerprint density at radius 3 is 2.75 bits per heavy atom. The summed E-state index contributed by atoms with van der Waals surface area (Å²) in [5, 5.41) is 10.3. The Labute approximate surface area is 165 Å². The van der Waals surface area contributed by atoms with Gasteiger partial charge in [0.2, 0.25) is 0 Å². The van der Waals surface area contributed by atoms with Crippen molar-refractivity contribution < 1.29 is 23.8 Å². The molecule has 1 N–H and O–H groups in total. The second kappa shape index (κ2) is 9.43. The van der Waals surface area contributed by atoms with Crippen LogP contribution in [0.15, 0.2) is 35.9 Å². The zero-order chi connectivity index (χ0) is 20.1. The molecule has 2 aliphatic rings. The van der Waals surface area contributed by atoms with E-state index in [-0.39, 0.29) is 18.2 Å². The third-order valence-electron chi connectivity index (χ3n) is 5.36. The highest BCUT2D eigenvalue weighted by Gasteiger charge is 2.41. The zero-order valence-electron chi connectivity index (χ0n) is 16.3. The molecule has 1 aromatic carbocycles. The molecule has 3 rings (SSSR count). The fraction of sp³-hybridized carbons (Fsp3) is 0.545. The molecule has 1 heterocycles. The number of carbonyl (C=O) groups excluding carboxylic acids is 2. The summed E-state index contributed by atoms with van der Waals surface area (Å²) in [5.74, 6) is -0.897. The van der Waals surface area contributed by atoms with Gasteiger partial charge in [-0.1, -0.05) is 31.5 Å². The van der Waals surface area contributed by atoms with E-state index in [2.05, 4.69) is 0 Å². The lowest BCUT2D eigenvalue weighted by molar-refractivity contribution is -0.138. The van der Waals surface area contributed by atoms with E-state index in [1.807, 2.05) is 11.8 Å². The third-order valence-corrected chi connectivity index (χ3v) is 5.36. The van der Waals surface area contributed by atoms with Crippen LogP contribution in [0.1, 0.15) is 50.6 Å². The highest BCUT2D eigenvalue weighted by atomic mass is 19.1. The second-order valence-corrected chi connectivity index (χ2v) is 7.62. The standard InChI is InChI=1S/C22H28FNO4/c1-2-3-12-28-20(26)13-16-14-24(11-10-19(16)25)21(22(27)15-8-9-15)17-6-4-5-7-18(17)23/h4-7,13,15,19,21,25H,2-3,8-12,14H2,1H3/b16-13-. The molecule has 0 aromatic heterocycles. The van der Waals surface area contributed by atoms with Gasteiger partial charge in [0.25, 0.3) is 0 Å². The van der Waals surface area contributed by atoms with Gasteiger partial charge in [0, 0.05) is 30.6 Å². The number of benzene rings is 1. The molecule has 2 atom stereocenters. The van der Waals surface area contributed by atoms with Crippen molar-refractivity contribution in [3.63, 3.8) is 0 Å². The SMILES string of the molecule is CCCCOC(=O)/C=C1/CN(C(C(=O)C2CC2)c2ccccc2F)CCC1O. The van der Waals surface area contributed by atoms with Crippen LogP contribution in [0.3, 0.4) is 0 Å². The molecule has 1 saturated heterocycles. The van der Waals surface area contributed by atoms with E-state index >= 15 is 0 Å². The third kappa shape index (κ3) is 5.06. The lowest BCUT2D eigenvalue weighted by atomic mass is 9.93. The average Bonchev–Trinajstić information content (AvgIpc) is 3.51. The molecular formula is C22H28FNO4. The number of esters is 1. The average molecular weight is 389 g/mol. The number of aliphatic hydroxyl groups excluding tert-OH is 1. The van der Waals surface area contributed by atoms with Crippen molar-refractivity contribution in [2.24, 2.45) is 5.92 Å². The van der Waals surface area contributed by atoms with Crippen LogP contribution < -0.4 is 0 Å². The molecule has 1 aliphatic heterocycles. The number of nitrogens with zero attached hydrogens (tertiary/aromatic N) is 1. The number of hydrogen-bond acceptors (Lipinski definition) is 5. The van der Waals surface area contributed by atoms with Gasteiger partial charge in [0.1, 0.15) is 5.82 Å². The number of unbranched alkanes of at least 4 members (excludes halogenated alkanes) is 1. The van der Waals surface area contributed by atoms with Gasteiger partial charge < -0.3 is 9.84 Å². The molecule has 1 aliphatic carbocycles. The minimum absolute atomic E-state index is 0.0198. The fourth-order valence-electron chi connectivity index (χ4n) is 3.58. The second-order valence-electron chi connectivity index (χ2n) is 7.62. The number of ether oxygens (including phenoxy) is 1. The summed E-state index contributed by atoms with van der Waals surface area (Å²) in [4.78, 5) is 26.9. The van der Waals surface area contributed by atoms with Crippen molar-refractivity contribution in [1.82, 2.24) is 4.90 Å². The van der Waals surface area contributed by atoms with E-state index in [4.69, 9.17) is 4.74 Å². The number of likely N-dealkylation sites (tertiary alicyclic amines) is 1. The van der Waals surface area contributed by atoms with Crippen molar-refractivity contribution >= 4 is 11.8 Å². The van der Waals surface area contributed by atoms with Crippen LogP contribution >= 0.6 is 0 Å². The van der Waals surface area contributed by atoms with Crippen molar-refractivity contribution in [2.45, 2.75) is 51.2 Å². The summed E-state index contributed by atoms with van der Waals surface area (Å²) in [5.41, 5.74) is 0.873. The van der Waals surface area contributed by atoms with E-state index in [1.165, 1.54) is 12.1 Å². The Morgan fingerprint density at radius 2 is 2.07 bits per heavy atom. The van der Waals surface area contributed by atoms with Gasteiger partial charge in [-0.05, 0) is 37.3 Å². The van der Waals surface area contributed by atoms with Gasteiger partial charge in [-0.25, -0.2) is 9.18 Å².